The first-order valence-corrected chi connectivity index (χ1v) is 9.98. The number of aliphatic hydroxyl groups is 1. The largest absolute Gasteiger partial charge is 0.507 e. The molecule has 1 spiro atoms. The van der Waals surface area contributed by atoms with E-state index in [1.807, 2.05) is 13.0 Å². The molecule has 29 heavy (non-hydrogen) atoms. The highest BCUT2D eigenvalue weighted by atomic mass is 16.7. The normalized spacial score (nSPS) is 27.2. The number of carbonyl (C=O) groups excluding carboxylic acids is 2. The quantitative estimate of drug-likeness (QED) is 0.623. The maximum atomic E-state index is 13.3. The molecule has 0 radical (unpaired) electrons. The molecule has 2 unspecified atom stereocenters. The van der Waals surface area contributed by atoms with Crippen LogP contribution >= 0.6 is 0 Å². The van der Waals surface area contributed by atoms with Crippen molar-refractivity contribution in [2.45, 2.75) is 44.5 Å². The van der Waals surface area contributed by atoms with E-state index in [0.29, 0.717) is 31.6 Å². The molecule has 7 heteroatoms. The van der Waals surface area contributed by atoms with Crippen molar-refractivity contribution in [2.24, 2.45) is 5.92 Å². The Hall–Kier alpha value is -2.48. The first-order valence-electron chi connectivity index (χ1n) is 9.98. The summed E-state index contributed by atoms with van der Waals surface area (Å²) in [6.45, 7) is 2.59. The van der Waals surface area contributed by atoms with Crippen molar-refractivity contribution in [3.8, 4) is 11.5 Å². The van der Waals surface area contributed by atoms with Crippen LogP contribution in [0.1, 0.15) is 64.4 Å². The highest BCUT2D eigenvalue weighted by Gasteiger charge is 2.52. The fraction of sp³-hybridized carbons (Fsp3) is 0.455. The summed E-state index contributed by atoms with van der Waals surface area (Å²) >= 11 is 0. The predicted molar refractivity (Wildman–Crippen MR) is 102 cm³/mol. The molecule has 1 aromatic rings. The zero-order valence-electron chi connectivity index (χ0n) is 16.0. The van der Waals surface area contributed by atoms with Crippen molar-refractivity contribution in [1.82, 2.24) is 0 Å². The first-order chi connectivity index (χ1) is 13.9. The maximum Gasteiger partial charge on any atom is 0.205 e. The number of carbonyl (C=O) groups is 2. The van der Waals surface area contributed by atoms with Crippen molar-refractivity contribution in [1.29, 1.82) is 0 Å². The molecule has 1 saturated heterocycles. The minimum atomic E-state index is -1.31. The third-order valence-corrected chi connectivity index (χ3v) is 6.51. The molecule has 1 heterocycles. The van der Waals surface area contributed by atoms with Crippen LogP contribution in [-0.4, -0.2) is 46.2 Å². The van der Waals surface area contributed by atoms with Gasteiger partial charge in [-0.05, 0) is 19.3 Å². The molecule has 0 bridgehead atoms. The van der Waals surface area contributed by atoms with Gasteiger partial charge in [0.2, 0.25) is 5.79 Å². The van der Waals surface area contributed by atoms with Gasteiger partial charge in [-0.3, -0.25) is 9.59 Å². The second kappa shape index (κ2) is 6.26. The minimum absolute atomic E-state index is 0.0618. The molecule has 1 fully saturated rings. The number of aliphatic hydroxyl groups excluding tert-OH is 1. The van der Waals surface area contributed by atoms with Crippen LogP contribution in [0.3, 0.4) is 0 Å². The lowest BCUT2D eigenvalue weighted by molar-refractivity contribution is -0.196. The maximum absolute atomic E-state index is 13.3. The Morgan fingerprint density at radius 2 is 1.72 bits per heavy atom. The van der Waals surface area contributed by atoms with Crippen LogP contribution in [0.4, 0.5) is 0 Å². The van der Waals surface area contributed by atoms with Crippen LogP contribution in [-0.2, 0) is 15.3 Å². The van der Waals surface area contributed by atoms with Crippen molar-refractivity contribution in [3.05, 3.63) is 39.5 Å². The third-order valence-electron chi connectivity index (χ3n) is 6.51. The fourth-order valence-corrected chi connectivity index (χ4v) is 5.12. The highest BCUT2D eigenvalue weighted by Crippen LogP contribution is 2.55. The van der Waals surface area contributed by atoms with E-state index >= 15 is 0 Å². The lowest BCUT2D eigenvalue weighted by atomic mass is 9.72. The number of hydrogen-bond acceptors (Lipinski definition) is 7. The molecule has 1 aliphatic heterocycles. The standard InChI is InChI=1S/C22H22O7/c1-2-10-3-5-13-17(22(10)28-7-8-29-22)21(27)16-15(19(13)25)18(24)12-6-4-11(23)9-14(12)20(16)26/h3,5,10-11,23,25,27H,2,4,6-9H2,1H3. The molecule has 7 nitrogen and oxygen atoms in total. The minimum Gasteiger partial charge on any atom is -0.507 e. The first kappa shape index (κ1) is 18.5. The molecule has 5 rings (SSSR count). The van der Waals surface area contributed by atoms with Crippen molar-refractivity contribution in [3.63, 3.8) is 0 Å². The summed E-state index contributed by atoms with van der Waals surface area (Å²) in [6, 6.07) is 0. The summed E-state index contributed by atoms with van der Waals surface area (Å²) in [5.41, 5.74) is 0.585. The van der Waals surface area contributed by atoms with E-state index in [0.717, 1.165) is 0 Å². The lowest BCUT2D eigenvalue weighted by Crippen LogP contribution is -2.39. The summed E-state index contributed by atoms with van der Waals surface area (Å²) in [5, 5.41) is 32.2. The van der Waals surface area contributed by atoms with Crippen molar-refractivity contribution < 1.29 is 34.4 Å². The van der Waals surface area contributed by atoms with Gasteiger partial charge in [0.05, 0.1) is 36.0 Å². The molecule has 1 aromatic carbocycles. The monoisotopic (exact) mass is 398 g/mol. The zero-order chi connectivity index (χ0) is 20.5. The average Bonchev–Trinajstić information content (AvgIpc) is 3.18. The van der Waals surface area contributed by atoms with E-state index in [1.165, 1.54) is 0 Å². The van der Waals surface area contributed by atoms with Crippen molar-refractivity contribution >= 4 is 17.6 Å². The molecule has 4 aliphatic rings. The van der Waals surface area contributed by atoms with Gasteiger partial charge in [0.25, 0.3) is 0 Å². The van der Waals surface area contributed by atoms with E-state index < -0.39 is 23.5 Å². The van der Waals surface area contributed by atoms with Crippen LogP contribution in [0.25, 0.3) is 6.08 Å². The molecular formula is C22H22O7. The van der Waals surface area contributed by atoms with Gasteiger partial charge >= 0.3 is 0 Å². The Morgan fingerprint density at radius 1 is 1.07 bits per heavy atom. The second-order valence-corrected chi connectivity index (χ2v) is 7.99. The molecule has 152 valence electrons. The summed E-state index contributed by atoms with van der Waals surface area (Å²) in [7, 11) is 0. The summed E-state index contributed by atoms with van der Waals surface area (Å²) in [5.74, 6) is -3.25. The number of rotatable bonds is 1. The van der Waals surface area contributed by atoms with E-state index in [1.54, 1.807) is 6.08 Å². The Bertz CT molecular complexity index is 1010. The Kier molecular flexibility index (Phi) is 4.00. The van der Waals surface area contributed by atoms with Gasteiger partial charge in [-0.25, -0.2) is 0 Å². The Labute approximate surface area is 167 Å². The summed E-state index contributed by atoms with van der Waals surface area (Å²) in [4.78, 5) is 26.4. The molecule has 0 aromatic heterocycles. The smallest absolute Gasteiger partial charge is 0.205 e. The molecule has 0 saturated carbocycles. The number of ether oxygens (including phenoxy) is 2. The van der Waals surface area contributed by atoms with Crippen LogP contribution in [0.5, 0.6) is 11.5 Å². The molecule has 2 atom stereocenters. The molecule has 0 amide bonds. The van der Waals surface area contributed by atoms with Gasteiger partial charge in [-0.2, -0.15) is 0 Å². The van der Waals surface area contributed by atoms with Gasteiger partial charge in [-0.1, -0.05) is 19.1 Å². The van der Waals surface area contributed by atoms with E-state index in [4.69, 9.17) is 9.47 Å². The van der Waals surface area contributed by atoms with Crippen LogP contribution in [0, 0.1) is 5.92 Å². The van der Waals surface area contributed by atoms with Crippen LogP contribution < -0.4 is 0 Å². The van der Waals surface area contributed by atoms with Gasteiger partial charge in [-0.15, -0.1) is 0 Å². The van der Waals surface area contributed by atoms with Crippen LogP contribution in [0.2, 0.25) is 0 Å². The molecule has 3 aliphatic carbocycles. The van der Waals surface area contributed by atoms with Crippen molar-refractivity contribution in [2.75, 3.05) is 13.2 Å². The molecular weight excluding hydrogens is 376 g/mol. The van der Waals surface area contributed by atoms with E-state index in [-0.39, 0.29) is 58.1 Å². The average molecular weight is 398 g/mol. The second-order valence-electron chi connectivity index (χ2n) is 7.99. The topological polar surface area (TPSA) is 113 Å². The third kappa shape index (κ3) is 2.29. The number of aromatic hydroxyl groups is 2. The number of phenolic OH excluding ortho intramolecular Hbond substituents is 2. The summed E-state index contributed by atoms with van der Waals surface area (Å²) < 4.78 is 11.9. The van der Waals surface area contributed by atoms with Gasteiger partial charge in [0.1, 0.15) is 11.5 Å². The Balaban J connectivity index is 1.80. The fourth-order valence-electron chi connectivity index (χ4n) is 5.12. The zero-order valence-corrected chi connectivity index (χ0v) is 16.0. The highest BCUT2D eigenvalue weighted by molar-refractivity contribution is 6.29. The van der Waals surface area contributed by atoms with Gasteiger partial charge in [0.15, 0.2) is 11.6 Å². The SMILES string of the molecule is CCC1C=Cc2c(O)c3c(c(O)c2C12OCCO2)C(=O)C1=C(CCC(O)C1)C3=O. The van der Waals surface area contributed by atoms with Gasteiger partial charge in [0, 0.05) is 29.0 Å². The summed E-state index contributed by atoms with van der Waals surface area (Å²) in [6.07, 6.45) is 4.15. The van der Waals surface area contributed by atoms with E-state index in [9.17, 15) is 24.9 Å². The number of Topliss-reactive ketones (excluding diaryl/α,β-unsaturated/α-hetero) is 2. The number of allylic oxidation sites excluding steroid dienone is 1. The number of ketones is 2. The molecule has 3 N–H and O–H groups in total. The van der Waals surface area contributed by atoms with E-state index in [2.05, 4.69) is 0 Å². The number of hydrogen-bond donors (Lipinski definition) is 3. The van der Waals surface area contributed by atoms with Gasteiger partial charge < -0.3 is 24.8 Å². The number of fused-ring (bicyclic) bond motifs is 3. The predicted octanol–water partition coefficient (Wildman–Crippen LogP) is 2.57. The number of phenols is 2. The lowest BCUT2D eigenvalue weighted by Gasteiger charge is -2.39. The number of benzene rings is 1. The Morgan fingerprint density at radius 3 is 2.41 bits per heavy atom. The van der Waals surface area contributed by atoms with Crippen LogP contribution in [0.15, 0.2) is 17.2 Å².